The van der Waals surface area contributed by atoms with Crippen molar-refractivity contribution >= 4 is 39.3 Å². The maximum absolute atomic E-state index is 12.7. The van der Waals surface area contributed by atoms with Gasteiger partial charge in [0.1, 0.15) is 11.1 Å². The first-order valence-electron chi connectivity index (χ1n) is 10.7. The van der Waals surface area contributed by atoms with E-state index in [1.54, 1.807) is 0 Å². The minimum atomic E-state index is -0.139. The molecule has 0 radical (unpaired) electrons. The van der Waals surface area contributed by atoms with Crippen LogP contribution in [0.5, 0.6) is 0 Å². The van der Waals surface area contributed by atoms with Gasteiger partial charge in [-0.25, -0.2) is 4.98 Å². The third-order valence-electron chi connectivity index (χ3n) is 5.33. The number of nitriles is 1. The van der Waals surface area contributed by atoms with E-state index in [0.717, 1.165) is 43.7 Å². The fourth-order valence-corrected chi connectivity index (χ4v) is 4.61. The Labute approximate surface area is 212 Å². The summed E-state index contributed by atoms with van der Waals surface area (Å²) in [7, 11) is 0. The minimum Gasteiger partial charge on any atom is -0.325 e. The lowest BCUT2D eigenvalue weighted by molar-refractivity contribution is -0.113. The zero-order chi connectivity index (χ0) is 24.1. The summed E-state index contributed by atoms with van der Waals surface area (Å²) in [6.07, 6.45) is 0. The molecular formula is C28H22BrN3OS. The van der Waals surface area contributed by atoms with Gasteiger partial charge in [-0.1, -0.05) is 82.3 Å². The van der Waals surface area contributed by atoms with Gasteiger partial charge in [-0.05, 0) is 54.8 Å². The Hall–Kier alpha value is -3.40. The van der Waals surface area contributed by atoms with Gasteiger partial charge >= 0.3 is 0 Å². The standard InChI is InChI=1S/C28H22BrN3OS/c1-18-8-9-19(2)25(14-18)31-27(33)17-34-28-24(16-30)23(20-6-4-3-5-7-20)15-26(32-28)21-10-12-22(29)13-11-21/h3-15H,17H2,1-2H3,(H,31,33). The second kappa shape index (κ2) is 10.7. The van der Waals surface area contributed by atoms with E-state index in [9.17, 15) is 10.1 Å². The molecule has 0 aliphatic rings. The molecule has 0 spiro atoms. The Bertz CT molecular complexity index is 1380. The first kappa shape index (κ1) is 23.7. The van der Waals surface area contributed by atoms with Gasteiger partial charge in [-0.3, -0.25) is 4.79 Å². The highest BCUT2D eigenvalue weighted by Gasteiger charge is 2.17. The van der Waals surface area contributed by atoms with Crippen LogP contribution >= 0.6 is 27.7 Å². The summed E-state index contributed by atoms with van der Waals surface area (Å²) >= 11 is 4.75. The van der Waals surface area contributed by atoms with E-state index >= 15 is 0 Å². The quantitative estimate of drug-likeness (QED) is 0.265. The first-order valence-corrected chi connectivity index (χ1v) is 12.5. The van der Waals surface area contributed by atoms with Crippen LogP contribution in [-0.2, 0) is 4.79 Å². The number of benzene rings is 3. The Morgan fingerprint density at radius 2 is 1.74 bits per heavy atom. The van der Waals surface area contributed by atoms with E-state index in [1.807, 2.05) is 92.7 Å². The van der Waals surface area contributed by atoms with Crippen LogP contribution in [0.25, 0.3) is 22.4 Å². The van der Waals surface area contributed by atoms with E-state index in [4.69, 9.17) is 4.98 Å². The van der Waals surface area contributed by atoms with Crippen molar-refractivity contribution in [3.8, 4) is 28.5 Å². The summed E-state index contributed by atoms with van der Waals surface area (Å²) in [5.74, 6) is 0.00674. The topological polar surface area (TPSA) is 65.8 Å². The highest BCUT2D eigenvalue weighted by atomic mass is 79.9. The Morgan fingerprint density at radius 1 is 1.00 bits per heavy atom. The molecule has 0 fully saturated rings. The monoisotopic (exact) mass is 527 g/mol. The van der Waals surface area contributed by atoms with Crippen LogP contribution < -0.4 is 5.32 Å². The number of nitrogens with one attached hydrogen (secondary N) is 1. The van der Waals surface area contributed by atoms with Crippen LogP contribution in [0.3, 0.4) is 0 Å². The van der Waals surface area contributed by atoms with Crippen LogP contribution in [0.1, 0.15) is 16.7 Å². The molecule has 0 unspecified atom stereocenters. The molecule has 0 saturated heterocycles. The smallest absolute Gasteiger partial charge is 0.234 e. The molecule has 0 saturated carbocycles. The lowest BCUT2D eigenvalue weighted by Gasteiger charge is -2.13. The fourth-order valence-electron chi connectivity index (χ4n) is 3.54. The number of hydrogen-bond acceptors (Lipinski definition) is 4. The Morgan fingerprint density at radius 3 is 2.44 bits per heavy atom. The van der Waals surface area contributed by atoms with Gasteiger partial charge in [0.2, 0.25) is 5.91 Å². The van der Waals surface area contributed by atoms with Crippen molar-refractivity contribution in [2.45, 2.75) is 18.9 Å². The second-order valence-corrected chi connectivity index (χ2v) is 9.75. The van der Waals surface area contributed by atoms with Gasteiger partial charge in [0, 0.05) is 21.3 Å². The van der Waals surface area contributed by atoms with Crippen molar-refractivity contribution in [3.05, 3.63) is 100 Å². The normalized spacial score (nSPS) is 10.5. The van der Waals surface area contributed by atoms with Gasteiger partial charge in [-0.15, -0.1) is 0 Å². The molecule has 0 atom stereocenters. The zero-order valence-electron chi connectivity index (χ0n) is 18.8. The molecule has 6 heteroatoms. The summed E-state index contributed by atoms with van der Waals surface area (Å²) in [5.41, 5.74) is 6.77. The van der Waals surface area contributed by atoms with Gasteiger partial charge < -0.3 is 5.32 Å². The molecule has 1 heterocycles. The third-order valence-corrected chi connectivity index (χ3v) is 6.83. The number of carbonyl (C=O) groups excluding carboxylic acids is 1. The molecule has 0 aliphatic carbocycles. The molecule has 3 aromatic carbocycles. The van der Waals surface area contributed by atoms with E-state index in [0.29, 0.717) is 10.6 Å². The molecule has 1 aromatic heterocycles. The SMILES string of the molecule is Cc1ccc(C)c(NC(=O)CSc2nc(-c3ccc(Br)cc3)cc(-c3ccccc3)c2C#N)c1. The number of halogens is 1. The highest BCUT2D eigenvalue weighted by molar-refractivity contribution is 9.10. The molecular weight excluding hydrogens is 506 g/mol. The number of amides is 1. The second-order valence-electron chi connectivity index (χ2n) is 7.88. The number of carbonyl (C=O) groups is 1. The molecule has 4 aromatic rings. The number of aryl methyl sites for hydroxylation is 2. The fraction of sp³-hybridized carbons (Fsp3) is 0.107. The van der Waals surface area contributed by atoms with E-state index in [1.165, 1.54) is 11.8 Å². The summed E-state index contributed by atoms with van der Waals surface area (Å²) in [6, 6.07) is 27.9. The Kier molecular flexibility index (Phi) is 7.46. The van der Waals surface area contributed by atoms with Gasteiger partial charge in [-0.2, -0.15) is 5.26 Å². The van der Waals surface area contributed by atoms with Crippen LogP contribution in [0.15, 0.2) is 88.4 Å². The number of anilines is 1. The van der Waals surface area contributed by atoms with Crippen molar-refractivity contribution in [3.63, 3.8) is 0 Å². The average molecular weight is 528 g/mol. The predicted octanol–water partition coefficient (Wildman–Crippen LogP) is 7.40. The number of nitrogens with zero attached hydrogens (tertiary/aromatic N) is 2. The van der Waals surface area contributed by atoms with Crippen molar-refractivity contribution in [1.82, 2.24) is 4.98 Å². The third kappa shape index (κ3) is 5.56. The van der Waals surface area contributed by atoms with Crippen molar-refractivity contribution < 1.29 is 4.79 Å². The van der Waals surface area contributed by atoms with Crippen LogP contribution in [0.4, 0.5) is 5.69 Å². The van der Waals surface area contributed by atoms with Crippen LogP contribution in [0, 0.1) is 25.2 Å². The van der Waals surface area contributed by atoms with Gasteiger partial charge in [0.25, 0.3) is 0 Å². The minimum absolute atomic E-state index is 0.139. The van der Waals surface area contributed by atoms with E-state index < -0.39 is 0 Å². The van der Waals surface area contributed by atoms with Crippen LogP contribution in [-0.4, -0.2) is 16.6 Å². The summed E-state index contributed by atoms with van der Waals surface area (Å²) in [4.78, 5) is 17.5. The molecule has 4 nitrogen and oxygen atoms in total. The lowest BCUT2D eigenvalue weighted by atomic mass is 9.99. The number of pyridine rings is 1. The maximum atomic E-state index is 12.7. The molecule has 34 heavy (non-hydrogen) atoms. The molecule has 1 amide bonds. The molecule has 0 bridgehead atoms. The first-order chi connectivity index (χ1) is 16.4. The summed E-state index contributed by atoms with van der Waals surface area (Å²) < 4.78 is 0.978. The summed E-state index contributed by atoms with van der Waals surface area (Å²) in [5, 5.41) is 13.5. The van der Waals surface area contributed by atoms with Crippen molar-refractivity contribution in [2.75, 3.05) is 11.1 Å². The van der Waals surface area contributed by atoms with Gasteiger partial charge in [0.15, 0.2) is 0 Å². The Balaban J connectivity index is 1.68. The maximum Gasteiger partial charge on any atom is 0.234 e. The highest BCUT2D eigenvalue weighted by Crippen LogP contribution is 2.34. The number of rotatable bonds is 6. The van der Waals surface area contributed by atoms with Crippen molar-refractivity contribution in [2.24, 2.45) is 0 Å². The van der Waals surface area contributed by atoms with E-state index in [2.05, 4.69) is 27.3 Å². The van der Waals surface area contributed by atoms with Crippen LogP contribution in [0.2, 0.25) is 0 Å². The predicted molar refractivity (Wildman–Crippen MR) is 143 cm³/mol. The number of aromatic nitrogens is 1. The molecule has 4 rings (SSSR count). The molecule has 0 aliphatic heterocycles. The van der Waals surface area contributed by atoms with Gasteiger partial charge in [0.05, 0.1) is 17.0 Å². The zero-order valence-corrected chi connectivity index (χ0v) is 21.2. The largest absolute Gasteiger partial charge is 0.325 e. The molecule has 1 N–H and O–H groups in total. The number of hydrogen-bond donors (Lipinski definition) is 1. The molecule has 168 valence electrons. The number of thioether (sulfide) groups is 1. The lowest BCUT2D eigenvalue weighted by Crippen LogP contribution is -2.15. The summed E-state index contributed by atoms with van der Waals surface area (Å²) in [6.45, 7) is 3.96. The van der Waals surface area contributed by atoms with E-state index in [-0.39, 0.29) is 11.7 Å². The average Bonchev–Trinajstić information content (AvgIpc) is 2.85. The van der Waals surface area contributed by atoms with Crippen molar-refractivity contribution in [1.29, 1.82) is 5.26 Å².